The van der Waals surface area contributed by atoms with E-state index in [4.69, 9.17) is 0 Å². The van der Waals surface area contributed by atoms with Crippen molar-refractivity contribution < 1.29 is 4.79 Å². The summed E-state index contributed by atoms with van der Waals surface area (Å²) in [6, 6.07) is 20.4. The molecule has 2 atom stereocenters. The van der Waals surface area contributed by atoms with Gasteiger partial charge in [0, 0.05) is 17.6 Å². The van der Waals surface area contributed by atoms with Gasteiger partial charge in [-0.25, -0.2) is 0 Å². The second kappa shape index (κ2) is 5.88. The SMILES string of the molecule is O=C(CNC1CC1c1ccccc1)Nc1ccccc1. The number of benzene rings is 2. The van der Waals surface area contributed by atoms with E-state index in [0.29, 0.717) is 18.5 Å². The first-order valence-electron chi connectivity index (χ1n) is 6.96. The lowest BCUT2D eigenvalue weighted by Gasteiger charge is -2.06. The Morgan fingerprint density at radius 2 is 1.65 bits per heavy atom. The van der Waals surface area contributed by atoms with E-state index < -0.39 is 0 Å². The number of hydrogen-bond acceptors (Lipinski definition) is 2. The predicted molar refractivity (Wildman–Crippen MR) is 80.7 cm³/mol. The van der Waals surface area contributed by atoms with Crippen molar-refractivity contribution in [1.29, 1.82) is 0 Å². The van der Waals surface area contributed by atoms with Crippen molar-refractivity contribution in [3.05, 3.63) is 66.2 Å². The second-order valence-electron chi connectivity index (χ2n) is 5.15. The third kappa shape index (κ3) is 3.25. The smallest absolute Gasteiger partial charge is 0.238 e. The average Bonchev–Trinajstić information content (AvgIpc) is 3.27. The third-order valence-electron chi connectivity index (χ3n) is 3.60. The molecule has 1 aliphatic carbocycles. The van der Waals surface area contributed by atoms with Crippen LogP contribution in [0.1, 0.15) is 17.9 Å². The van der Waals surface area contributed by atoms with Gasteiger partial charge in [0.1, 0.15) is 0 Å². The van der Waals surface area contributed by atoms with Crippen LogP contribution in [0.2, 0.25) is 0 Å². The highest BCUT2D eigenvalue weighted by Crippen LogP contribution is 2.40. The van der Waals surface area contributed by atoms with Crippen molar-refractivity contribution in [1.82, 2.24) is 5.32 Å². The Balaban J connectivity index is 1.44. The zero-order valence-electron chi connectivity index (χ0n) is 11.3. The molecule has 3 rings (SSSR count). The molecule has 0 spiro atoms. The molecule has 1 fully saturated rings. The molecule has 0 saturated heterocycles. The summed E-state index contributed by atoms with van der Waals surface area (Å²) in [5.74, 6) is 0.565. The van der Waals surface area contributed by atoms with Gasteiger partial charge in [0.2, 0.25) is 5.91 Å². The Bertz CT molecular complexity index is 568. The van der Waals surface area contributed by atoms with Gasteiger partial charge in [0.15, 0.2) is 0 Å². The van der Waals surface area contributed by atoms with E-state index in [1.54, 1.807) is 0 Å². The molecule has 2 aromatic carbocycles. The molecule has 2 aromatic rings. The van der Waals surface area contributed by atoms with Gasteiger partial charge < -0.3 is 10.6 Å². The number of carbonyl (C=O) groups excluding carboxylic acids is 1. The summed E-state index contributed by atoms with van der Waals surface area (Å²) in [6.45, 7) is 0.364. The Kier molecular flexibility index (Phi) is 3.79. The minimum Gasteiger partial charge on any atom is -0.325 e. The summed E-state index contributed by atoms with van der Waals surface area (Å²) in [5, 5.41) is 6.19. The number of rotatable bonds is 5. The summed E-state index contributed by atoms with van der Waals surface area (Å²) >= 11 is 0. The van der Waals surface area contributed by atoms with Crippen LogP contribution in [0.15, 0.2) is 60.7 Å². The first-order chi connectivity index (χ1) is 9.83. The van der Waals surface area contributed by atoms with Crippen molar-refractivity contribution in [2.45, 2.75) is 18.4 Å². The molecule has 0 aliphatic heterocycles. The molecule has 2 unspecified atom stereocenters. The third-order valence-corrected chi connectivity index (χ3v) is 3.60. The normalized spacial score (nSPS) is 20.4. The van der Waals surface area contributed by atoms with Crippen LogP contribution in [0.3, 0.4) is 0 Å². The highest BCUT2D eigenvalue weighted by molar-refractivity contribution is 5.92. The number of nitrogens with one attached hydrogen (secondary N) is 2. The second-order valence-corrected chi connectivity index (χ2v) is 5.15. The van der Waals surface area contributed by atoms with E-state index in [1.165, 1.54) is 5.56 Å². The maximum atomic E-state index is 11.8. The summed E-state index contributed by atoms with van der Waals surface area (Å²) in [6.07, 6.45) is 1.11. The van der Waals surface area contributed by atoms with Crippen molar-refractivity contribution in [3.8, 4) is 0 Å². The molecule has 20 heavy (non-hydrogen) atoms. The molecular weight excluding hydrogens is 248 g/mol. The van der Waals surface area contributed by atoms with Gasteiger partial charge in [-0.05, 0) is 24.1 Å². The molecule has 1 saturated carbocycles. The first-order valence-corrected chi connectivity index (χ1v) is 6.96. The van der Waals surface area contributed by atoms with Crippen LogP contribution < -0.4 is 10.6 Å². The molecule has 1 amide bonds. The highest BCUT2D eigenvalue weighted by atomic mass is 16.1. The first kappa shape index (κ1) is 12.9. The summed E-state index contributed by atoms with van der Waals surface area (Å²) < 4.78 is 0. The molecule has 0 radical (unpaired) electrons. The molecule has 0 aromatic heterocycles. The Hall–Kier alpha value is -2.13. The minimum atomic E-state index is 0.00918. The van der Waals surface area contributed by atoms with Crippen LogP contribution in [0.4, 0.5) is 5.69 Å². The van der Waals surface area contributed by atoms with Crippen molar-refractivity contribution in [3.63, 3.8) is 0 Å². The van der Waals surface area contributed by atoms with Crippen molar-refractivity contribution in [2.24, 2.45) is 0 Å². The molecule has 1 aliphatic rings. The number of amides is 1. The van der Waals surface area contributed by atoms with Gasteiger partial charge in [-0.1, -0.05) is 48.5 Å². The average molecular weight is 266 g/mol. The van der Waals surface area contributed by atoms with E-state index >= 15 is 0 Å². The van der Waals surface area contributed by atoms with Gasteiger partial charge in [-0.2, -0.15) is 0 Å². The standard InChI is InChI=1S/C17H18N2O/c20-17(19-14-9-5-2-6-10-14)12-18-16-11-15(16)13-7-3-1-4-8-13/h1-10,15-16,18H,11-12H2,(H,19,20). The predicted octanol–water partition coefficient (Wildman–Crippen LogP) is 2.77. The number of para-hydroxylation sites is 1. The molecule has 3 nitrogen and oxygen atoms in total. The fourth-order valence-electron chi connectivity index (χ4n) is 2.44. The van der Waals surface area contributed by atoms with Crippen molar-refractivity contribution in [2.75, 3.05) is 11.9 Å². The van der Waals surface area contributed by atoms with Gasteiger partial charge >= 0.3 is 0 Å². The molecule has 3 heteroatoms. The van der Waals surface area contributed by atoms with Crippen molar-refractivity contribution >= 4 is 11.6 Å². The lowest BCUT2D eigenvalue weighted by molar-refractivity contribution is -0.115. The van der Waals surface area contributed by atoms with E-state index in [-0.39, 0.29) is 5.91 Å². The van der Waals surface area contributed by atoms with E-state index in [1.807, 2.05) is 36.4 Å². The highest BCUT2D eigenvalue weighted by Gasteiger charge is 2.37. The van der Waals surface area contributed by atoms with Gasteiger partial charge in [0.05, 0.1) is 6.54 Å². The van der Waals surface area contributed by atoms with Crippen LogP contribution in [-0.2, 0) is 4.79 Å². The fraction of sp³-hybridized carbons (Fsp3) is 0.235. The van der Waals surface area contributed by atoms with E-state index in [0.717, 1.165) is 12.1 Å². The number of anilines is 1. The minimum absolute atomic E-state index is 0.00918. The van der Waals surface area contributed by atoms with Gasteiger partial charge in [-0.3, -0.25) is 4.79 Å². The zero-order valence-corrected chi connectivity index (χ0v) is 11.3. The Morgan fingerprint density at radius 1 is 1.00 bits per heavy atom. The summed E-state index contributed by atoms with van der Waals surface area (Å²) in [5.41, 5.74) is 2.20. The van der Waals surface area contributed by atoms with Crippen LogP contribution in [0, 0.1) is 0 Å². The number of carbonyl (C=O) groups is 1. The van der Waals surface area contributed by atoms with Crippen LogP contribution in [-0.4, -0.2) is 18.5 Å². The van der Waals surface area contributed by atoms with Gasteiger partial charge in [0.25, 0.3) is 0 Å². The van der Waals surface area contributed by atoms with Crippen LogP contribution in [0.5, 0.6) is 0 Å². The molecule has 0 heterocycles. The maximum Gasteiger partial charge on any atom is 0.238 e. The molecule has 102 valence electrons. The summed E-state index contributed by atoms with van der Waals surface area (Å²) in [7, 11) is 0. The molecular formula is C17H18N2O. The molecule has 2 N–H and O–H groups in total. The fourth-order valence-corrected chi connectivity index (χ4v) is 2.44. The quantitative estimate of drug-likeness (QED) is 0.873. The summed E-state index contributed by atoms with van der Waals surface area (Å²) in [4.78, 5) is 11.8. The Morgan fingerprint density at radius 3 is 2.35 bits per heavy atom. The maximum absolute atomic E-state index is 11.8. The van der Waals surface area contributed by atoms with Gasteiger partial charge in [-0.15, -0.1) is 0 Å². The topological polar surface area (TPSA) is 41.1 Å². The van der Waals surface area contributed by atoms with Crippen LogP contribution in [0.25, 0.3) is 0 Å². The lowest BCUT2D eigenvalue weighted by atomic mass is 10.1. The van der Waals surface area contributed by atoms with Crippen LogP contribution >= 0.6 is 0 Å². The number of hydrogen-bond donors (Lipinski definition) is 2. The van der Waals surface area contributed by atoms with E-state index in [2.05, 4.69) is 34.9 Å². The molecule has 0 bridgehead atoms. The largest absolute Gasteiger partial charge is 0.325 e. The lowest BCUT2D eigenvalue weighted by Crippen LogP contribution is -2.30. The monoisotopic (exact) mass is 266 g/mol. The Labute approximate surface area is 119 Å². The zero-order chi connectivity index (χ0) is 13.8. The van der Waals surface area contributed by atoms with E-state index in [9.17, 15) is 4.79 Å².